The van der Waals surface area contributed by atoms with Gasteiger partial charge < -0.3 is 4.74 Å². The van der Waals surface area contributed by atoms with Gasteiger partial charge in [0.15, 0.2) is 0 Å². The van der Waals surface area contributed by atoms with Gasteiger partial charge in [0.2, 0.25) is 0 Å². The van der Waals surface area contributed by atoms with E-state index in [1.54, 1.807) is 0 Å². The highest BCUT2D eigenvalue weighted by Crippen LogP contribution is 2.31. The number of hydrogen-bond donors (Lipinski definition) is 1. The molecule has 0 aliphatic rings. The molecule has 0 saturated heterocycles. The molecule has 0 aromatic heterocycles. The molecule has 0 heterocycles. The van der Waals surface area contributed by atoms with Gasteiger partial charge in [0.1, 0.15) is 5.75 Å². The monoisotopic (exact) mass is 264 g/mol. The van der Waals surface area contributed by atoms with E-state index < -0.39 is 11.7 Å². The maximum atomic E-state index is 12.4. The van der Waals surface area contributed by atoms with Gasteiger partial charge in [-0.3, -0.25) is 0 Å². The van der Waals surface area contributed by atoms with Crippen molar-refractivity contribution in [3.63, 3.8) is 0 Å². The molecule has 5 heteroatoms. The van der Waals surface area contributed by atoms with Crippen LogP contribution in [0.3, 0.4) is 0 Å². The Morgan fingerprint density at radius 1 is 1.35 bits per heavy atom. The normalized spacial score (nSPS) is 13.5. The van der Waals surface area contributed by atoms with Gasteiger partial charge in [-0.2, -0.15) is 25.8 Å². The lowest BCUT2D eigenvalue weighted by Gasteiger charge is -2.14. The first kappa shape index (κ1) is 14.2. The molecule has 0 N–H and O–H groups in total. The van der Waals surface area contributed by atoms with Crippen LogP contribution in [0, 0.1) is 5.92 Å². The maximum Gasteiger partial charge on any atom is 0.416 e. The maximum absolute atomic E-state index is 12.4. The Labute approximate surface area is 104 Å². The molecule has 17 heavy (non-hydrogen) atoms. The lowest BCUT2D eigenvalue weighted by Crippen LogP contribution is -2.13. The van der Waals surface area contributed by atoms with E-state index in [0.29, 0.717) is 12.4 Å². The molecular weight excluding hydrogens is 249 g/mol. The van der Waals surface area contributed by atoms with E-state index in [9.17, 15) is 13.2 Å². The van der Waals surface area contributed by atoms with Crippen LogP contribution in [-0.4, -0.2) is 12.4 Å². The number of thiol groups is 1. The Hall–Kier alpha value is -0.840. The second-order valence-corrected chi connectivity index (χ2v) is 4.16. The molecule has 0 saturated carbocycles. The van der Waals surface area contributed by atoms with Crippen molar-refractivity contribution in [2.75, 3.05) is 12.4 Å². The molecule has 1 atom stereocenters. The Morgan fingerprint density at radius 3 is 2.59 bits per heavy atom. The van der Waals surface area contributed by atoms with Crippen molar-refractivity contribution in [2.24, 2.45) is 5.92 Å². The first-order chi connectivity index (χ1) is 7.97. The van der Waals surface area contributed by atoms with Gasteiger partial charge in [-0.15, -0.1) is 0 Å². The summed E-state index contributed by atoms with van der Waals surface area (Å²) in [4.78, 5) is 0. The number of alkyl halides is 3. The molecule has 1 nitrogen and oxygen atoms in total. The summed E-state index contributed by atoms with van der Waals surface area (Å²) in [6.07, 6.45) is -3.43. The summed E-state index contributed by atoms with van der Waals surface area (Å²) in [5.41, 5.74) is -0.686. The van der Waals surface area contributed by atoms with Crippen molar-refractivity contribution >= 4 is 12.6 Å². The molecule has 0 fully saturated rings. The van der Waals surface area contributed by atoms with Crippen molar-refractivity contribution in [3.8, 4) is 5.75 Å². The van der Waals surface area contributed by atoms with Crippen LogP contribution >= 0.6 is 12.6 Å². The van der Waals surface area contributed by atoms with Gasteiger partial charge in [0, 0.05) is 5.92 Å². The van der Waals surface area contributed by atoms with E-state index in [2.05, 4.69) is 12.6 Å². The van der Waals surface area contributed by atoms with Gasteiger partial charge in [0.25, 0.3) is 0 Å². The molecule has 0 aliphatic carbocycles. The molecule has 0 aliphatic heterocycles. The molecule has 1 unspecified atom stereocenters. The molecule has 0 spiro atoms. The van der Waals surface area contributed by atoms with E-state index >= 15 is 0 Å². The minimum atomic E-state index is -4.33. The zero-order valence-corrected chi connectivity index (χ0v) is 10.4. The fourth-order valence-corrected chi connectivity index (χ4v) is 1.64. The van der Waals surface area contributed by atoms with E-state index in [0.717, 1.165) is 18.6 Å². The standard InChI is InChI=1S/C12H15F3OS/c1-2-9(8-17)7-16-11-5-3-4-10(6-11)12(13,14)15/h3-6,9,17H,2,7-8H2,1H3. The smallest absolute Gasteiger partial charge is 0.416 e. The summed E-state index contributed by atoms with van der Waals surface area (Å²) in [5.74, 6) is 1.17. The summed E-state index contributed by atoms with van der Waals surface area (Å²) < 4.78 is 42.6. The molecular formula is C12H15F3OS. The van der Waals surface area contributed by atoms with Crippen LogP contribution in [0.2, 0.25) is 0 Å². The molecule has 1 rings (SSSR count). The highest BCUT2D eigenvalue weighted by Gasteiger charge is 2.30. The second-order valence-electron chi connectivity index (χ2n) is 3.79. The zero-order chi connectivity index (χ0) is 12.9. The van der Waals surface area contributed by atoms with Crippen LogP contribution < -0.4 is 4.74 Å². The molecule has 0 bridgehead atoms. The first-order valence-corrected chi connectivity index (χ1v) is 6.01. The Bertz CT molecular complexity index is 348. The van der Waals surface area contributed by atoms with Crippen molar-refractivity contribution in [2.45, 2.75) is 19.5 Å². The number of halogens is 3. The molecule has 1 aromatic rings. The average molecular weight is 264 g/mol. The van der Waals surface area contributed by atoms with Crippen LogP contribution in [0.25, 0.3) is 0 Å². The molecule has 1 aromatic carbocycles. The number of rotatable bonds is 5. The summed E-state index contributed by atoms with van der Waals surface area (Å²) >= 11 is 4.15. The third-order valence-corrected chi connectivity index (χ3v) is 3.00. The molecule has 0 amide bonds. The molecule has 0 radical (unpaired) electrons. The van der Waals surface area contributed by atoms with Gasteiger partial charge >= 0.3 is 6.18 Å². The fourth-order valence-electron chi connectivity index (χ4n) is 1.28. The van der Waals surface area contributed by atoms with Gasteiger partial charge in [0.05, 0.1) is 12.2 Å². The van der Waals surface area contributed by atoms with Crippen LogP contribution in [0.1, 0.15) is 18.9 Å². The van der Waals surface area contributed by atoms with Crippen molar-refractivity contribution in [3.05, 3.63) is 29.8 Å². The van der Waals surface area contributed by atoms with Crippen LogP contribution in [0.15, 0.2) is 24.3 Å². The quantitative estimate of drug-likeness (QED) is 0.790. The first-order valence-electron chi connectivity index (χ1n) is 5.38. The average Bonchev–Trinajstić information content (AvgIpc) is 2.30. The third-order valence-electron chi connectivity index (χ3n) is 2.48. The van der Waals surface area contributed by atoms with E-state index in [-0.39, 0.29) is 11.7 Å². The van der Waals surface area contributed by atoms with Crippen LogP contribution in [-0.2, 0) is 6.18 Å². The largest absolute Gasteiger partial charge is 0.493 e. The van der Waals surface area contributed by atoms with E-state index in [4.69, 9.17) is 4.74 Å². The number of benzene rings is 1. The Morgan fingerprint density at radius 2 is 2.06 bits per heavy atom. The second kappa shape index (κ2) is 6.19. The zero-order valence-electron chi connectivity index (χ0n) is 9.50. The Kier molecular flexibility index (Phi) is 5.18. The predicted octanol–water partition coefficient (Wildman–Crippen LogP) is 4.04. The number of ether oxygens (including phenoxy) is 1. The fraction of sp³-hybridized carbons (Fsp3) is 0.500. The lowest BCUT2D eigenvalue weighted by molar-refractivity contribution is -0.137. The summed E-state index contributed by atoms with van der Waals surface area (Å²) in [5, 5.41) is 0. The highest BCUT2D eigenvalue weighted by molar-refractivity contribution is 7.80. The minimum absolute atomic E-state index is 0.250. The SMILES string of the molecule is CCC(CS)COc1cccc(C(F)(F)F)c1. The third kappa shape index (κ3) is 4.50. The van der Waals surface area contributed by atoms with E-state index in [1.165, 1.54) is 12.1 Å². The van der Waals surface area contributed by atoms with Crippen LogP contribution in [0.5, 0.6) is 5.75 Å². The summed E-state index contributed by atoms with van der Waals surface area (Å²) in [6.45, 7) is 2.39. The topological polar surface area (TPSA) is 9.23 Å². The van der Waals surface area contributed by atoms with Crippen molar-refractivity contribution in [1.82, 2.24) is 0 Å². The van der Waals surface area contributed by atoms with Crippen LogP contribution in [0.4, 0.5) is 13.2 Å². The number of hydrogen-bond acceptors (Lipinski definition) is 2. The van der Waals surface area contributed by atoms with Gasteiger partial charge in [-0.25, -0.2) is 0 Å². The molecule has 96 valence electrons. The predicted molar refractivity (Wildman–Crippen MR) is 64.6 cm³/mol. The minimum Gasteiger partial charge on any atom is -0.493 e. The van der Waals surface area contributed by atoms with Crippen molar-refractivity contribution < 1.29 is 17.9 Å². The summed E-state index contributed by atoms with van der Waals surface area (Å²) in [6, 6.07) is 4.92. The lowest BCUT2D eigenvalue weighted by atomic mass is 10.1. The van der Waals surface area contributed by atoms with Gasteiger partial charge in [-0.05, 0) is 30.4 Å². The van der Waals surface area contributed by atoms with Gasteiger partial charge in [-0.1, -0.05) is 13.0 Å². The Balaban J connectivity index is 2.66. The van der Waals surface area contributed by atoms with Crippen molar-refractivity contribution in [1.29, 1.82) is 0 Å². The summed E-state index contributed by atoms with van der Waals surface area (Å²) in [7, 11) is 0. The van der Waals surface area contributed by atoms with E-state index in [1.807, 2.05) is 6.92 Å². The highest BCUT2D eigenvalue weighted by atomic mass is 32.1.